The second kappa shape index (κ2) is 10.5. The number of hydrogen-bond acceptors (Lipinski definition) is 6. The molecule has 186 valence electrons. The summed E-state index contributed by atoms with van der Waals surface area (Å²) >= 11 is -0.660. The molecule has 1 amide bonds. The van der Waals surface area contributed by atoms with E-state index in [1.165, 1.54) is 22.0 Å². The van der Waals surface area contributed by atoms with Gasteiger partial charge in [0, 0.05) is 0 Å². The molecule has 1 fully saturated rings. The average Bonchev–Trinajstić information content (AvgIpc) is 3.36. The van der Waals surface area contributed by atoms with Crippen LogP contribution in [0.4, 0.5) is 23.4 Å². The van der Waals surface area contributed by atoms with Gasteiger partial charge in [0.05, 0.1) is 0 Å². The van der Waals surface area contributed by atoms with Gasteiger partial charge in [-0.1, -0.05) is 0 Å². The number of nitrogens with one attached hydrogen (secondary N) is 2. The summed E-state index contributed by atoms with van der Waals surface area (Å²) in [5.74, 6) is 5.42. The Morgan fingerprint density at radius 2 is 2.17 bits per heavy atom. The van der Waals surface area contributed by atoms with E-state index in [-0.39, 0.29) is 34.7 Å². The molecular weight excluding hydrogens is 551 g/mol. The molecule has 2 N–H and O–H groups in total. The van der Waals surface area contributed by atoms with E-state index in [1.54, 1.807) is 25.1 Å². The SMILES string of the molecule is Cc1ncc(C(=O)NCC#Cc2nn3c(N[C@@H]4CCN(C)C[C@@H]4F)cccc3c2[Se]C(F)(F)F)s1. The van der Waals surface area contributed by atoms with Crippen LogP contribution in [0.5, 0.6) is 0 Å². The van der Waals surface area contributed by atoms with Crippen molar-refractivity contribution in [2.45, 2.75) is 30.6 Å². The second-order valence-corrected chi connectivity index (χ2v) is 11.5. The molecule has 2 atom stereocenters. The molecule has 0 radical (unpaired) electrons. The zero-order valence-electron chi connectivity index (χ0n) is 18.8. The molecule has 1 aliphatic heterocycles. The molecule has 1 aliphatic rings. The predicted molar refractivity (Wildman–Crippen MR) is 127 cm³/mol. The number of aryl methyl sites for hydroxylation is 1. The normalized spacial score (nSPS) is 18.8. The number of thiazole rings is 1. The summed E-state index contributed by atoms with van der Waals surface area (Å²) in [7, 11) is 1.84. The van der Waals surface area contributed by atoms with Crippen molar-refractivity contribution in [2.24, 2.45) is 0 Å². The third-order valence-corrected chi connectivity index (χ3v) is 7.97. The number of hydrogen-bond donors (Lipinski definition) is 2. The standard InChI is InChI=1S/C22H22F4N6OSSe/c1-13-28-11-18(34-13)21(33)27-9-4-5-16-20(35-22(24,25)26)17-6-3-7-19(32(17)30-16)29-15-8-10-31(2)12-14(15)23/h3,6-7,11,14-15,29H,8-10,12H2,1-2H3,(H,27,33)/t14-,15+/m0/s1. The summed E-state index contributed by atoms with van der Waals surface area (Å²) < 4.78 is 56.0. The van der Waals surface area contributed by atoms with Gasteiger partial charge in [-0.25, -0.2) is 0 Å². The van der Waals surface area contributed by atoms with Gasteiger partial charge in [0.2, 0.25) is 0 Å². The molecule has 7 nitrogen and oxygen atoms in total. The number of nitrogens with zero attached hydrogens (tertiary/aromatic N) is 4. The molecule has 0 aromatic carbocycles. The van der Waals surface area contributed by atoms with Crippen molar-refractivity contribution in [3.8, 4) is 11.8 Å². The fraction of sp³-hybridized carbons (Fsp3) is 0.409. The summed E-state index contributed by atoms with van der Waals surface area (Å²) in [6, 6.07) is 4.34. The van der Waals surface area contributed by atoms with Crippen LogP contribution in [0, 0.1) is 18.8 Å². The van der Waals surface area contributed by atoms with Crippen LogP contribution in [0.25, 0.3) is 5.52 Å². The molecule has 0 aliphatic carbocycles. The van der Waals surface area contributed by atoms with Gasteiger partial charge >= 0.3 is 210 Å². The van der Waals surface area contributed by atoms with Crippen LogP contribution < -0.4 is 15.1 Å². The molecule has 1 saturated heterocycles. The Bertz CT molecular complexity index is 1280. The van der Waals surface area contributed by atoms with E-state index in [0.29, 0.717) is 23.7 Å². The van der Waals surface area contributed by atoms with E-state index in [0.717, 1.165) is 5.01 Å². The Morgan fingerprint density at radius 3 is 2.86 bits per heavy atom. The number of piperidine rings is 1. The minimum atomic E-state index is -4.41. The Labute approximate surface area is 209 Å². The third kappa shape index (κ3) is 6.32. The number of rotatable bonds is 5. The second-order valence-electron chi connectivity index (χ2n) is 7.98. The quantitative estimate of drug-likeness (QED) is 0.278. The summed E-state index contributed by atoms with van der Waals surface area (Å²) in [5.41, 5.74) is 0.253. The summed E-state index contributed by atoms with van der Waals surface area (Å²) in [4.78, 5) is 18.5. The topological polar surface area (TPSA) is 74.6 Å². The van der Waals surface area contributed by atoms with Gasteiger partial charge in [0.25, 0.3) is 0 Å². The van der Waals surface area contributed by atoms with Gasteiger partial charge in [-0.15, -0.1) is 0 Å². The van der Waals surface area contributed by atoms with Gasteiger partial charge < -0.3 is 0 Å². The van der Waals surface area contributed by atoms with Gasteiger partial charge in [-0.3, -0.25) is 0 Å². The molecule has 3 aromatic rings. The molecule has 35 heavy (non-hydrogen) atoms. The van der Waals surface area contributed by atoms with Crippen molar-refractivity contribution in [3.05, 3.63) is 40.0 Å². The molecule has 13 heteroatoms. The maximum absolute atomic E-state index is 14.5. The van der Waals surface area contributed by atoms with Crippen LogP contribution in [-0.4, -0.2) is 84.3 Å². The number of carbonyl (C=O) groups is 1. The molecule has 0 saturated carbocycles. The van der Waals surface area contributed by atoms with Crippen LogP contribution in [0.3, 0.4) is 0 Å². The Hall–Kier alpha value is -2.65. The summed E-state index contributed by atoms with van der Waals surface area (Å²) in [5, 5.41) is 6.38. The number of pyridine rings is 1. The Morgan fingerprint density at radius 1 is 1.37 bits per heavy atom. The van der Waals surface area contributed by atoms with Gasteiger partial charge in [-0.05, 0) is 0 Å². The van der Waals surface area contributed by atoms with E-state index in [2.05, 4.69) is 32.6 Å². The van der Waals surface area contributed by atoms with Crippen molar-refractivity contribution in [3.63, 3.8) is 0 Å². The molecule has 0 bridgehead atoms. The Balaban J connectivity index is 1.59. The van der Waals surface area contributed by atoms with Crippen LogP contribution >= 0.6 is 11.3 Å². The third-order valence-electron chi connectivity index (χ3n) is 5.30. The number of alkyl halides is 4. The zero-order valence-corrected chi connectivity index (χ0v) is 21.3. The van der Waals surface area contributed by atoms with Gasteiger partial charge in [0.15, 0.2) is 0 Å². The Kier molecular flexibility index (Phi) is 7.66. The van der Waals surface area contributed by atoms with Crippen LogP contribution in [0.1, 0.15) is 26.8 Å². The molecule has 4 heterocycles. The molecule has 3 aromatic heterocycles. The monoisotopic (exact) mass is 574 g/mol. The fourth-order valence-corrected chi connectivity index (χ4v) is 5.79. The number of fused-ring (bicyclic) bond motifs is 1. The van der Waals surface area contributed by atoms with E-state index >= 15 is 0 Å². The van der Waals surface area contributed by atoms with E-state index < -0.39 is 32.2 Å². The first kappa shape index (κ1) is 25.4. The van der Waals surface area contributed by atoms with Crippen molar-refractivity contribution in [2.75, 3.05) is 32.0 Å². The van der Waals surface area contributed by atoms with E-state index in [9.17, 15) is 22.4 Å². The predicted octanol–water partition coefficient (Wildman–Crippen LogP) is 2.18. The number of amides is 1. The van der Waals surface area contributed by atoms with Gasteiger partial charge in [0.1, 0.15) is 0 Å². The molecular formula is C22H22F4N6OSSe. The van der Waals surface area contributed by atoms with Crippen molar-refractivity contribution in [1.82, 2.24) is 24.8 Å². The van der Waals surface area contributed by atoms with Crippen molar-refractivity contribution < 1.29 is 22.4 Å². The first-order chi connectivity index (χ1) is 16.6. The van der Waals surface area contributed by atoms with E-state index in [1.807, 2.05) is 11.9 Å². The first-order valence-electron chi connectivity index (χ1n) is 10.7. The van der Waals surface area contributed by atoms with Crippen LogP contribution in [-0.2, 0) is 0 Å². The average molecular weight is 573 g/mol. The van der Waals surface area contributed by atoms with Crippen molar-refractivity contribution >= 4 is 48.0 Å². The molecule has 0 spiro atoms. The van der Waals surface area contributed by atoms with Gasteiger partial charge in [-0.2, -0.15) is 0 Å². The minimum absolute atomic E-state index is 0.00858. The summed E-state index contributed by atoms with van der Waals surface area (Å²) in [6.07, 6.45) is 0.888. The maximum atomic E-state index is 14.5. The zero-order chi connectivity index (χ0) is 25.2. The summed E-state index contributed by atoms with van der Waals surface area (Å²) in [6.45, 7) is 2.70. The molecule has 4 rings (SSSR count). The van der Waals surface area contributed by atoms with Crippen LogP contribution in [0.2, 0.25) is 0 Å². The van der Waals surface area contributed by atoms with Crippen LogP contribution in [0.15, 0.2) is 24.4 Å². The fourth-order valence-electron chi connectivity index (χ4n) is 3.67. The first-order valence-corrected chi connectivity index (χ1v) is 13.2. The number of halogens is 4. The molecule has 0 unspecified atom stereocenters. The van der Waals surface area contributed by atoms with Crippen molar-refractivity contribution in [1.29, 1.82) is 0 Å². The number of aromatic nitrogens is 3. The number of carbonyl (C=O) groups excluding carboxylic acids is 1. The number of likely N-dealkylation sites (tertiary alicyclic amines) is 1. The number of anilines is 1. The van der Waals surface area contributed by atoms with E-state index in [4.69, 9.17) is 0 Å².